The number of hydrogen-bond acceptors (Lipinski definition) is 3. The summed E-state index contributed by atoms with van der Waals surface area (Å²) in [6.07, 6.45) is 4.90. The fraction of sp³-hybridized carbons (Fsp3) is 0.625. The second kappa shape index (κ2) is 6.46. The third kappa shape index (κ3) is 3.65. The van der Waals surface area contributed by atoms with Crippen molar-refractivity contribution < 1.29 is 8.42 Å². The lowest BCUT2D eigenvalue weighted by Gasteiger charge is -2.39. The first kappa shape index (κ1) is 16.5. The van der Waals surface area contributed by atoms with Gasteiger partial charge in [0, 0.05) is 12.1 Å². The quantitative estimate of drug-likeness (QED) is 0.878. The average Bonchev–Trinajstić information content (AvgIpc) is 2.48. The molecule has 0 bridgehead atoms. The first-order valence-electron chi connectivity index (χ1n) is 7.72. The summed E-state index contributed by atoms with van der Waals surface area (Å²) in [5.41, 5.74) is 6.21. The highest BCUT2D eigenvalue weighted by Crippen LogP contribution is 2.34. The van der Waals surface area contributed by atoms with Gasteiger partial charge in [-0.2, -0.15) is 0 Å². The number of hydrogen-bond donors (Lipinski definition) is 2. The molecular formula is C16H26N2O2S. The largest absolute Gasteiger partial charge is 0.329 e. The van der Waals surface area contributed by atoms with Gasteiger partial charge in [-0.1, -0.05) is 31.5 Å². The Morgan fingerprint density at radius 2 is 1.90 bits per heavy atom. The van der Waals surface area contributed by atoms with Crippen LogP contribution < -0.4 is 10.5 Å². The van der Waals surface area contributed by atoms with Gasteiger partial charge >= 0.3 is 0 Å². The van der Waals surface area contributed by atoms with Crippen LogP contribution in [0.4, 0.5) is 0 Å². The van der Waals surface area contributed by atoms with Gasteiger partial charge in [0.25, 0.3) is 0 Å². The monoisotopic (exact) mass is 310 g/mol. The highest BCUT2D eigenvalue weighted by molar-refractivity contribution is 7.89. The molecule has 0 aliphatic heterocycles. The highest BCUT2D eigenvalue weighted by Gasteiger charge is 2.37. The zero-order valence-electron chi connectivity index (χ0n) is 12.9. The molecule has 0 spiro atoms. The molecule has 2 rings (SSSR count). The minimum atomic E-state index is -3.52. The van der Waals surface area contributed by atoms with Crippen LogP contribution in [0.15, 0.2) is 29.2 Å². The number of aryl methyl sites for hydroxylation is 1. The molecule has 1 aliphatic rings. The van der Waals surface area contributed by atoms with E-state index in [9.17, 15) is 8.42 Å². The Hall–Kier alpha value is -0.910. The van der Waals surface area contributed by atoms with E-state index in [-0.39, 0.29) is 0 Å². The van der Waals surface area contributed by atoms with Gasteiger partial charge in [0.1, 0.15) is 0 Å². The summed E-state index contributed by atoms with van der Waals surface area (Å²) in [5, 5.41) is 0. The second-order valence-corrected chi connectivity index (χ2v) is 7.86. The third-order valence-corrected chi connectivity index (χ3v) is 6.50. The van der Waals surface area contributed by atoms with Crippen molar-refractivity contribution >= 4 is 10.0 Å². The number of rotatable bonds is 5. The molecule has 5 heteroatoms. The lowest BCUT2D eigenvalue weighted by molar-refractivity contribution is 0.217. The van der Waals surface area contributed by atoms with Gasteiger partial charge in [-0.05, 0) is 50.2 Å². The summed E-state index contributed by atoms with van der Waals surface area (Å²) in [5.74, 6) is 0.702. The van der Waals surface area contributed by atoms with Crippen molar-refractivity contribution in [1.82, 2.24) is 4.72 Å². The Labute approximate surface area is 128 Å². The van der Waals surface area contributed by atoms with E-state index in [0.717, 1.165) is 37.7 Å². The van der Waals surface area contributed by atoms with Crippen molar-refractivity contribution in [2.75, 3.05) is 6.54 Å². The molecular weight excluding hydrogens is 284 g/mol. The summed E-state index contributed by atoms with van der Waals surface area (Å²) >= 11 is 0. The molecule has 4 nitrogen and oxygen atoms in total. The van der Waals surface area contributed by atoms with E-state index in [1.165, 1.54) is 0 Å². The van der Waals surface area contributed by atoms with Crippen molar-refractivity contribution in [2.45, 2.75) is 56.4 Å². The van der Waals surface area contributed by atoms with Gasteiger partial charge in [0.05, 0.1) is 4.90 Å². The topological polar surface area (TPSA) is 72.2 Å². The predicted molar refractivity (Wildman–Crippen MR) is 85.5 cm³/mol. The molecule has 1 aromatic rings. The van der Waals surface area contributed by atoms with Crippen molar-refractivity contribution in [2.24, 2.45) is 11.7 Å². The van der Waals surface area contributed by atoms with Crippen LogP contribution >= 0.6 is 0 Å². The Morgan fingerprint density at radius 1 is 1.29 bits per heavy atom. The standard InChI is InChI=1S/C16H26N2O2S/c1-3-14-8-10-16(12-17,11-9-14)18-21(19,20)15-7-5-4-6-13(15)2/h4-7,14,18H,3,8-12,17H2,1-2H3. The van der Waals surface area contributed by atoms with Crippen LogP contribution in [0.25, 0.3) is 0 Å². The molecule has 0 saturated heterocycles. The van der Waals surface area contributed by atoms with E-state index in [1.54, 1.807) is 12.1 Å². The molecule has 0 amide bonds. The Bertz CT molecular complexity index is 576. The molecule has 0 heterocycles. The Balaban J connectivity index is 2.21. The number of sulfonamides is 1. The smallest absolute Gasteiger partial charge is 0.241 e. The van der Waals surface area contributed by atoms with Gasteiger partial charge < -0.3 is 5.73 Å². The molecule has 1 fully saturated rings. The molecule has 118 valence electrons. The molecule has 1 saturated carbocycles. The zero-order chi connectivity index (χ0) is 15.5. The molecule has 0 aromatic heterocycles. The Kier molecular flexibility index (Phi) is 5.07. The maximum Gasteiger partial charge on any atom is 0.241 e. The van der Waals surface area contributed by atoms with Gasteiger partial charge in [0.2, 0.25) is 10.0 Å². The molecule has 1 aliphatic carbocycles. The third-order valence-electron chi connectivity index (χ3n) is 4.76. The maximum atomic E-state index is 12.7. The van der Waals surface area contributed by atoms with Crippen LogP contribution in [0, 0.1) is 12.8 Å². The van der Waals surface area contributed by atoms with Crippen LogP contribution in [0.1, 0.15) is 44.6 Å². The van der Waals surface area contributed by atoms with E-state index in [2.05, 4.69) is 11.6 Å². The number of nitrogens with one attached hydrogen (secondary N) is 1. The first-order valence-corrected chi connectivity index (χ1v) is 9.20. The van der Waals surface area contributed by atoms with Gasteiger partial charge in [0.15, 0.2) is 0 Å². The maximum absolute atomic E-state index is 12.7. The molecule has 0 unspecified atom stereocenters. The SMILES string of the molecule is CCC1CCC(CN)(NS(=O)(=O)c2ccccc2C)CC1. The van der Waals surface area contributed by atoms with Crippen LogP contribution in [-0.2, 0) is 10.0 Å². The van der Waals surface area contributed by atoms with Gasteiger partial charge in [-0.25, -0.2) is 13.1 Å². The van der Waals surface area contributed by atoms with Crippen LogP contribution in [0.3, 0.4) is 0 Å². The van der Waals surface area contributed by atoms with E-state index < -0.39 is 15.6 Å². The Morgan fingerprint density at radius 3 is 2.43 bits per heavy atom. The first-order chi connectivity index (χ1) is 9.92. The minimum absolute atomic E-state index is 0.356. The van der Waals surface area contributed by atoms with E-state index in [0.29, 0.717) is 17.4 Å². The van der Waals surface area contributed by atoms with E-state index >= 15 is 0 Å². The minimum Gasteiger partial charge on any atom is -0.329 e. The molecule has 0 atom stereocenters. The fourth-order valence-electron chi connectivity index (χ4n) is 3.18. The summed E-state index contributed by atoms with van der Waals surface area (Å²) in [7, 11) is -3.52. The van der Waals surface area contributed by atoms with Crippen LogP contribution in [0.5, 0.6) is 0 Å². The normalized spacial score (nSPS) is 26.7. The van der Waals surface area contributed by atoms with Crippen molar-refractivity contribution in [3.63, 3.8) is 0 Å². The van der Waals surface area contributed by atoms with Crippen molar-refractivity contribution in [3.8, 4) is 0 Å². The second-order valence-electron chi connectivity index (χ2n) is 6.21. The van der Waals surface area contributed by atoms with Gasteiger partial charge in [-0.15, -0.1) is 0 Å². The van der Waals surface area contributed by atoms with Crippen LogP contribution in [-0.4, -0.2) is 20.5 Å². The van der Waals surface area contributed by atoms with E-state index in [1.807, 2.05) is 19.1 Å². The summed E-state index contributed by atoms with van der Waals surface area (Å²) in [6.45, 7) is 4.36. The zero-order valence-corrected chi connectivity index (χ0v) is 13.7. The van der Waals surface area contributed by atoms with Crippen molar-refractivity contribution in [1.29, 1.82) is 0 Å². The van der Waals surface area contributed by atoms with E-state index in [4.69, 9.17) is 5.73 Å². The van der Waals surface area contributed by atoms with Crippen molar-refractivity contribution in [3.05, 3.63) is 29.8 Å². The highest BCUT2D eigenvalue weighted by atomic mass is 32.2. The predicted octanol–water partition coefficient (Wildman–Crippen LogP) is 2.57. The molecule has 1 aromatic carbocycles. The molecule has 21 heavy (non-hydrogen) atoms. The lowest BCUT2D eigenvalue weighted by atomic mass is 9.76. The van der Waals surface area contributed by atoms with Crippen LogP contribution in [0.2, 0.25) is 0 Å². The average molecular weight is 310 g/mol. The summed E-state index contributed by atoms with van der Waals surface area (Å²) in [6, 6.07) is 7.07. The number of nitrogens with two attached hydrogens (primary N) is 1. The number of benzene rings is 1. The summed E-state index contributed by atoms with van der Waals surface area (Å²) in [4.78, 5) is 0.357. The molecule has 3 N–H and O–H groups in total. The lowest BCUT2D eigenvalue weighted by Crippen LogP contribution is -2.55. The van der Waals surface area contributed by atoms with Gasteiger partial charge in [-0.3, -0.25) is 0 Å². The fourth-order valence-corrected chi connectivity index (χ4v) is 4.90. The summed E-state index contributed by atoms with van der Waals surface area (Å²) < 4.78 is 28.2. The molecule has 0 radical (unpaired) electrons.